The quantitative estimate of drug-likeness (QED) is 0.685. The van der Waals surface area contributed by atoms with Crippen LogP contribution in [0.3, 0.4) is 0 Å². The largest absolute Gasteiger partial charge is 0.465 e. The lowest BCUT2D eigenvalue weighted by Gasteiger charge is -2.33. The normalized spacial score (nSPS) is 20.5. The van der Waals surface area contributed by atoms with E-state index in [2.05, 4.69) is 23.9 Å². The van der Waals surface area contributed by atoms with Crippen molar-refractivity contribution >= 4 is 5.97 Å². The molecule has 0 aromatic carbocycles. The number of rotatable bonds is 8. The summed E-state index contributed by atoms with van der Waals surface area (Å²) in [5.41, 5.74) is 5.19. The fourth-order valence-corrected chi connectivity index (χ4v) is 2.98. The Morgan fingerprint density at radius 3 is 2.52 bits per heavy atom. The number of piperidine rings is 1. The maximum absolute atomic E-state index is 11.7. The lowest BCUT2D eigenvalue weighted by atomic mass is 9.94. The molecule has 0 aliphatic carbocycles. The second kappa shape index (κ2) is 8.71. The Balaban J connectivity index is 2.21. The van der Waals surface area contributed by atoms with Gasteiger partial charge < -0.3 is 20.3 Å². The Bertz CT molecular complexity index is 311. The third-order valence-corrected chi connectivity index (χ3v) is 4.24. The number of carbonyl (C=O) groups is 1. The molecule has 1 aliphatic rings. The van der Waals surface area contributed by atoms with E-state index in [0.29, 0.717) is 13.0 Å². The predicted octanol–water partition coefficient (Wildman–Crippen LogP) is 1.32. The van der Waals surface area contributed by atoms with Gasteiger partial charge in [-0.15, -0.1) is 0 Å². The number of carbonyl (C=O) groups excluding carboxylic acids is 1. The van der Waals surface area contributed by atoms with Crippen molar-refractivity contribution in [3.05, 3.63) is 0 Å². The van der Waals surface area contributed by atoms with Crippen LogP contribution in [0.2, 0.25) is 0 Å². The molecule has 1 saturated heterocycles. The molecule has 0 amide bonds. The molecular weight excluding hydrogens is 266 g/mol. The Hall–Kier alpha value is -0.650. The van der Waals surface area contributed by atoms with Crippen molar-refractivity contribution in [3.8, 4) is 0 Å². The maximum Gasteiger partial charge on any atom is 0.325 e. The first-order valence-electron chi connectivity index (χ1n) is 8.18. The zero-order valence-corrected chi connectivity index (χ0v) is 14.2. The second-order valence-electron chi connectivity index (χ2n) is 6.79. The van der Waals surface area contributed by atoms with Gasteiger partial charge in [0.15, 0.2) is 0 Å². The minimum absolute atomic E-state index is 0.283. The van der Waals surface area contributed by atoms with Crippen LogP contribution < -0.4 is 5.73 Å². The number of hydrogen-bond donors (Lipinski definition) is 1. The smallest absolute Gasteiger partial charge is 0.325 e. The standard InChI is InChI=1S/C16H33N3O2/c1-5-21-15(20)16(2,17)9-6-10-19-11-7-14(8-12-19)13-18(3)4/h14H,5-13,17H2,1-4H3. The highest BCUT2D eigenvalue weighted by atomic mass is 16.5. The predicted molar refractivity (Wildman–Crippen MR) is 86.2 cm³/mol. The zero-order valence-electron chi connectivity index (χ0n) is 14.2. The molecule has 0 aromatic heterocycles. The van der Waals surface area contributed by atoms with Gasteiger partial charge in [-0.3, -0.25) is 4.79 Å². The highest BCUT2D eigenvalue weighted by Crippen LogP contribution is 2.19. The summed E-state index contributed by atoms with van der Waals surface area (Å²) in [6, 6.07) is 0. The van der Waals surface area contributed by atoms with Crippen LogP contribution in [0.25, 0.3) is 0 Å². The zero-order chi connectivity index (χ0) is 15.9. The van der Waals surface area contributed by atoms with Crippen LogP contribution in [0.4, 0.5) is 0 Å². The van der Waals surface area contributed by atoms with Gasteiger partial charge in [-0.05, 0) is 79.2 Å². The fourth-order valence-electron chi connectivity index (χ4n) is 2.98. The molecule has 1 aliphatic heterocycles. The fraction of sp³-hybridized carbons (Fsp3) is 0.938. The van der Waals surface area contributed by atoms with E-state index in [4.69, 9.17) is 10.5 Å². The van der Waals surface area contributed by atoms with Crippen LogP contribution >= 0.6 is 0 Å². The first kappa shape index (κ1) is 18.4. The molecule has 1 heterocycles. The highest BCUT2D eigenvalue weighted by molar-refractivity contribution is 5.79. The first-order chi connectivity index (χ1) is 9.85. The average molecular weight is 299 g/mol. The van der Waals surface area contributed by atoms with Gasteiger partial charge in [0.05, 0.1) is 6.61 Å². The number of nitrogens with two attached hydrogens (primary N) is 1. The van der Waals surface area contributed by atoms with Crippen LogP contribution in [0, 0.1) is 5.92 Å². The first-order valence-corrected chi connectivity index (χ1v) is 8.18. The van der Waals surface area contributed by atoms with Crippen molar-refractivity contribution in [2.24, 2.45) is 11.7 Å². The van der Waals surface area contributed by atoms with Crippen molar-refractivity contribution in [2.45, 2.75) is 45.1 Å². The molecular formula is C16H33N3O2. The van der Waals surface area contributed by atoms with Crippen LogP contribution in [-0.2, 0) is 9.53 Å². The number of ether oxygens (including phenoxy) is 1. The third kappa shape index (κ3) is 6.76. The van der Waals surface area contributed by atoms with E-state index in [1.807, 2.05) is 6.92 Å². The van der Waals surface area contributed by atoms with Crippen molar-refractivity contribution in [1.82, 2.24) is 9.80 Å². The molecule has 0 saturated carbocycles. The van der Waals surface area contributed by atoms with Crippen molar-refractivity contribution in [1.29, 1.82) is 0 Å². The average Bonchev–Trinajstić information content (AvgIpc) is 2.40. The number of esters is 1. The number of nitrogens with zero attached hydrogens (tertiary/aromatic N) is 2. The minimum Gasteiger partial charge on any atom is -0.465 e. The summed E-state index contributed by atoms with van der Waals surface area (Å²) in [6.45, 7) is 8.53. The van der Waals surface area contributed by atoms with Crippen LogP contribution in [0.15, 0.2) is 0 Å². The molecule has 0 bridgehead atoms. The Morgan fingerprint density at radius 2 is 2.00 bits per heavy atom. The van der Waals surface area contributed by atoms with Gasteiger partial charge in [0, 0.05) is 6.54 Å². The van der Waals surface area contributed by atoms with E-state index >= 15 is 0 Å². The molecule has 5 nitrogen and oxygen atoms in total. The van der Waals surface area contributed by atoms with Gasteiger partial charge in [0.1, 0.15) is 5.54 Å². The van der Waals surface area contributed by atoms with E-state index in [1.54, 1.807) is 6.92 Å². The molecule has 0 radical (unpaired) electrons. The van der Waals surface area contributed by atoms with Crippen LogP contribution in [0.1, 0.15) is 39.5 Å². The summed E-state index contributed by atoms with van der Waals surface area (Å²) < 4.78 is 5.02. The van der Waals surface area contributed by atoms with Crippen molar-refractivity contribution < 1.29 is 9.53 Å². The van der Waals surface area contributed by atoms with Gasteiger partial charge in [0.2, 0.25) is 0 Å². The molecule has 0 spiro atoms. The summed E-state index contributed by atoms with van der Waals surface area (Å²) >= 11 is 0. The third-order valence-electron chi connectivity index (χ3n) is 4.24. The van der Waals surface area contributed by atoms with E-state index in [1.165, 1.54) is 32.5 Å². The molecule has 5 heteroatoms. The van der Waals surface area contributed by atoms with Crippen LogP contribution in [0.5, 0.6) is 0 Å². The highest BCUT2D eigenvalue weighted by Gasteiger charge is 2.29. The Kier molecular flexibility index (Phi) is 7.63. The van der Waals surface area contributed by atoms with Gasteiger partial charge in [0.25, 0.3) is 0 Å². The monoisotopic (exact) mass is 299 g/mol. The Morgan fingerprint density at radius 1 is 1.38 bits per heavy atom. The lowest BCUT2D eigenvalue weighted by molar-refractivity contribution is -0.149. The second-order valence-corrected chi connectivity index (χ2v) is 6.79. The van der Waals surface area contributed by atoms with Crippen LogP contribution in [-0.4, -0.2) is 68.2 Å². The van der Waals surface area contributed by atoms with Gasteiger partial charge in [-0.25, -0.2) is 0 Å². The summed E-state index contributed by atoms with van der Waals surface area (Å²) in [6.07, 6.45) is 4.18. The molecule has 1 fully saturated rings. The van der Waals surface area contributed by atoms with E-state index in [9.17, 15) is 4.79 Å². The Labute approximate surface area is 129 Å². The van der Waals surface area contributed by atoms with E-state index in [0.717, 1.165) is 18.9 Å². The van der Waals surface area contributed by atoms with Crippen molar-refractivity contribution in [2.75, 3.05) is 46.9 Å². The summed E-state index contributed by atoms with van der Waals surface area (Å²) in [7, 11) is 4.29. The topological polar surface area (TPSA) is 58.8 Å². The number of hydrogen-bond acceptors (Lipinski definition) is 5. The maximum atomic E-state index is 11.7. The summed E-state index contributed by atoms with van der Waals surface area (Å²) in [5, 5.41) is 0. The molecule has 1 atom stereocenters. The van der Waals surface area contributed by atoms with Gasteiger partial charge >= 0.3 is 5.97 Å². The lowest BCUT2D eigenvalue weighted by Crippen LogP contribution is -2.47. The summed E-state index contributed by atoms with van der Waals surface area (Å²) in [5.74, 6) is 0.547. The number of likely N-dealkylation sites (tertiary alicyclic amines) is 1. The molecule has 1 unspecified atom stereocenters. The van der Waals surface area contributed by atoms with E-state index < -0.39 is 5.54 Å². The molecule has 21 heavy (non-hydrogen) atoms. The van der Waals surface area contributed by atoms with Gasteiger partial charge in [-0.1, -0.05) is 0 Å². The SMILES string of the molecule is CCOC(=O)C(C)(N)CCCN1CCC(CN(C)C)CC1. The minimum atomic E-state index is -0.848. The summed E-state index contributed by atoms with van der Waals surface area (Å²) in [4.78, 5) is 16.5. The van der Waals surface area contributed by atoms with Crippen molar-refractivity contribution in [3.63, 3.8) is 0 Å². The molecule has 0 aromatic rings. The molecule has 1 rings (SSSR count). The molecule has 2 N–H and O–H groups in total. The molecule has 124 valence electrons. The van der Waals surface area contributed by atoms with Gasteiger partial charge in [-0.2, -0.15) is 0 Å². The van der Waals surface area contributed by atoms with E-state index in [-0.39, 0.29) is 5.97 Å².